The Morgan fingerprint density at radius 3 is 2.23 bits per heavy atom. The second-order valence-corrected chi connectivity index (χ2v) is 2.52. The summed E-state index contributed by atoms with van der Waals surface area (Å²) in [6.07, 6.45) is 0.771. The van der Waals surface area contributed by atoms with Crippen molar-refractivity contribution in [2.75, 3.05) is 6.54 Å². The van der Waals surface area contributed by atoms with Gasteiger partial charge in [0.2, 0.25) is 0 Å². The zero-order chi connectivity index (χ0) is 8.97. The Bertz CT molecular complexity index is 271. The van der Waals surface area contributed by atoms with Gasteiger partial charge in [0.1, 0.15) is 0 Å². The van der Waals surface area contributed by atoms with Crippen molar-refractivity contribution in [1.82, 2.24) is 0 Å². The van der Waals surface area contributed by atoms with Crippen LogP contribution in [-0.4, -0.2) is 12.5 Å². The molecule has 0 spiro atoms. The van der Waals surface area contributed by atoms with E-state index in [-0.39, 0.29) is 35.1 Å². The molecule has 0 aliphatic rings. The summed E-state index contributed by atoms with van der Waals surface area (Å²) in [7, 11) is 0. The fraction of sp³-hybridized carbons (Fsp3) is 0.222. The number of carboxylic acids is 1. The summed E-state index contributed by atoms with van der Waals surface area (Å²) in [6, 6.07) is 6.55. The van der Waals surface area contributed by atoms with Gasteiger partial charge in [0, 0.05) is 0 Å². The molecule has 0 heterocycles. The average molecular weight is 187 g/mol. The minimum Gasteiger partial charge on any atom is -0.545 e. The fourth-order valence-electron chi connectivity index (χ4n) is 0.974. The molecule has 0 aliphatic carbocycles. The molecule has 64 valence electrons. The second-order valence-electron chi connectivity index (χ2n) is 2.52. The normalized spacial score (nSPS) is 9.00. The third-order valence-corrected chi connectivity index (χ3v) is 1.62. The van der Waals surface area contributed by atoms with Crippen molar-refractivity contribution in [2.45, 2.75) is 6.42 Å². The molecule has 1 aromatic rings. The minimum atomic E-state index is -1.14. The first-order valence-electron chi connectivity index (χ1n) is 3.74. The predicted molar refractivity (Wildman–Crippen MR) is 43.5 cm³/mol. The van der Waals surface area contributed by atoms with Crippen LogP contribution in [-0.2, 0) is 6.42 Å². The van der Waals surface area contributed by atoms with Crippen molar-refractivity contribution in [3.8, 4) is 0 Å². The van der Waals surface area contributed by atoms with Crippen LogP contribution in [0.3, 0.4) is 0 Å². The number of rotatable bonds is 3. The minimum absolute atomic E-state index is 0. The number of benzene rings is 1. The van der Waals surface area contributed by atoms with Gasteiger partial charge in [-0.15, -0.1) is 0 Å². The molecule has 13 heavy (non-hydrogen) atoms. The fourth-order valence-corrected chi connectivity index (χ4v) is 0.974. The third-order valence-electron chi connectivity index (χ3n) is 1.62. The SMILES string of the molecule is NCCc1ccc(C(=O)[O-])cc1.[Na+]. The topological polar surface area (TPSA) is 66.2 Å². The zero-order valence-corrected chi connectivity index (χ0v) is 9.62. The van der Waals surface area contributed by atoms with Crippen molar-refractivity contribution in [3.63, 3.8) is 0 Å². The third kappa shape index (κ3) is 3.91. The molecule has 0 saturated carbocycles. The molecule has 1 aromatic carbocycles. The van der Waals surface area contributed by atoms with Gasteiger partial charge < -0.3 is 15.6 Å². The quantitative estimate of drug-likeness (QED) is 0.500. The van der Waals surface area contributed by atoms with Crippen molar-refractivity contribution in [2.24, 2.45) is 5.73 Å². The Hall–Kier alpha value is -0.350. The van der Waals surface area contributed by atoms with Crippen LogP contribution in [0.15, 0.2) is 24.3 Å². The molecule has 0 aliphatic heterocycles. The van der Waals surface area contributed by atoms with Crippen molar-refractivity contribution in [1.29, 1.82) is 0 Å². The number of aromatic carboxylic acids is 1. The van der Waals surface area contributed by atoms with Gasteiger partial charge in [0.05, 0.1) is 5.97 Å². The maximum absolute atomic E-state index is 10.3. The molecule has 0 unspecified atom stereocenters. The van der Waals surface area contributed by atoms with E-state index in [0.717, 1.165) is 12.0 Å². The molecule has 0 fully saturated rings. The summed E-state index contributed by atoms with van der Waals surface area (Å²) in [5.74, 6) is -1.14. The number of hydrogen-bond donors (Lipinski definition) is 1. The summed E-state index contributed by atoms with van der Waals surface area (Å²) < 4.78 is 0. The van der Waals surface area contributed by atoms with Crippen LogP contribution < -0.4 is 40.4 Å². The van der Waals surface area contributed by atoms with Crippen LogP contribution in [0.5, 0.6) is 0 Å². The molecule has 3 nitrogen and oxygen atoms in total. The smallest absolute Gasteiger partial charge is 0.545 e. The summed E-state index contributed by atoms with van der Waals surface area (Å²) in [5, 5.41) is 10.3. The van der Waals surface area contributed by atoms with E-state index in [1.54, 1.807) is 12.1 Å². The van der Waals surface area contributed by atoms with Gasteiger partial charge in [-0.2, -0.15) is 0 Å². The van der Waals surface area contributed by atoms with E-state index < -0.39 is 5.97 Å². The Morgan fingerprint density at radius 1 is 1.31 bits per heavy atom. The van der Waals surface area contributed by atoms with Crippen LogP contribution in [0.25, 0.3) is 0 Å². The van der Waals surface area contributed by atoms with Gasteiger partial charge in [0.25, 0.3) is 0 Å². The molecule has 0 radical (unpaired) electrons. The number of carboxylic acid groups (broad SMARTS) is 1. The Morgan fingerprint density at radius 2 is 1.85 bits per heavy atom. The summed E-state index contributed by atoms with van der Waals surface area (Å²) in [6.45, 7) is 0.574. The van der Waals surface area contributed by atoms with Gasteiger partial charge in [-0.05, 0) is 24.1 Å². The van der Waals surface area contributed by atoms with Crippen LogP contribution in [0.4, 0.5) is 0 Å². The number of nitrogens with two attached hydrogens (primary N) is 1. The Balaban J connectivity index is 0.00000144. The molecule has 0 saturated heterocycles. The van der Waals surface area contributed by atoms with Gasteiger partial charge in [-0.25, -0.2) is 0 Å². The Labute approximate surface area is 99.2 Å². The first kappa shape index (κ1) is 12.7. The molecule has 4 heteroatoms. The van der Waals surface area contributed by atoms with Gasteiger partial charge in [0.15, 0.2) is 0 Å². The Kier molecular flexibility index (Phi) is 5.99. The molecule has 1 rings (SSSR count). The van der Waals surface area contributed by atoms with E-state index >= 15 is 0 Å². The van der Waals surface area contributed by atoms with E-state index in [9.17, 15) is 9.90 Å². The number of carbonyl (C=O) groups excluding carboxylic acids is 1. The van der Waals surface area contributed by atoms with E-state index in [4.69, 9.17) is 5.73 Å². The monoisotopic (exact) mass is 187 g/mol. The van der Waals surface area contributed by atoms with E-state index in [2.05, 4.69) is 0 Å². The van der Waals surface area contributed by atoms with Crippen molar-refractivity contribution >= 4 is 5.97 Å². The van der Waals surface area contributed by atoms with E-state index in [1.807, 2.05) is 0 Å². The standard InChI is InChI=1S/C9H11NO2.Na/c10-6-5-7-1-3-8(4-2-7)9(11)12;/h1-4H,5-6,10H2,(H,11,12);/q;+1/p-1. The molecular weight excluding hydrogens is 177 g/mol. The van der Waals surface area contributed by atoms with Gasteiger partial charge >= 0.3 is 29.6 Å². The largest absolute Gasteiger partial charge is 1.00 e. The van der Waals surface area contributed by atoms with Crippen molar-refractivity contribution < 1.29 is 39.5 Å². The van der Waals surface area contributed by atoms with Gasteiger partial charge in [-0.1, -0.05) is 24.3 Å². The van der Waals surface area contributed by atoms with E-state index in [0.29, 0.717) is 6.54 Å². The maximum atomic E-state index is 10.3. The summed E-state index contributed by atoms with van der Waals surface area (Å²) in [5.41, 5.74) is 6.58. The summed E-state index contributed by atoms with van der Waals surface area (Å²) >= 11 is 0. The van der Waals surface area contributed by atoms with E-state index in [1.165, 1.54) is 12.1 Å². The zero-order valence-electron chi connectivity index (χ0n) is 7.62. The van der Waals surface area contributed by atoms with Crippen LogP contribution in [0.1, 0.15) is 15.9 Å². The van der Waals surface area contributed by atoms with Crippen LogP contribution in [0.2, 0.25) is 0 Å². The molecule has 0 aromatic heterocycles. The summed E-state index contributed by atoms with van der Waals surface area (Å²) in [4.78, 5) is 10.3. The molecule has 0 atom stereocenters. The maximum Gasteiger partial charge on any atom is 1.00 e. The molecule has 0 amide bonds. The predicted octanol–water partition coefficient (Wildman–Crippen LogP) is -3.44. The second kappa shape index (κ2) is 6.16. The number of carbonyl (C=O) groups is 1. The average Bonchev–Trinajstić information content (AvgIpc) is 2.06. The van der Waals surface area contributed by atoms with Gasteiger partial charge in [-0.3, -0.25) is 0 Å². The van der Waals surface area contributed by atoms with Crippen LogP contribution >= 0.6 is 0 Å². The van der Waals surface area contributed by atoms with Crippen molar-refractivity contribution in [3.05, 3.63) is 35.4 Å². The van der Waals surface area contributed by atoms with Crippen LogP contribution in [0, 0.1) is 0 Å². The molecule has 0 bridgehead atoms. The first-order valence-corrected chi connectivity index (χ1v) is 3.74. The number of hydrogen-bond acceptors (Lipinski definition) is 3. The molecular formula is C9H10NNaO2. The first-order chi connectivity index (χ1) is 5.74. The molecule has 2 N–H and O–H groups in total.